The molecule has 1 unspecified atom stereocenters. The van der Waals surface area contributed by atoms with Crippen molar-refractivity contribution in [3.63, 3.8) is 0 Å². The predicted molar refractivity (Wildman–Crippen MR) is 85.8 cm³/mol. The highest BCUT2D eigenvalue weighted by Crippen LogP contribution is 2.19. The van der Waals surface area contributed by atoms with Crippen LogP contribution in [0.4, 0.5) is 0 Å². The van der Waals surface area contributed by atoms with Crippen LogP contribution in [0, 0.1) is 0 Å². The first-order valence-corrected chi connectivity index (χ1v) is 7.74. The van der Waals surface area contributed by atoms with Crippen LogP contribution in [0.2, 0.25) is 0 Å². The number of piperazine rings is 1. The molecule has 112 valence electrons. The van der Waals surface area contributed by atoms with Crippen LogP contribution in [0.5, 0.6) is 0 Å². The summed E-state index contributed by atoms with van der Waals surface area (Å²) >= 11 is 0. The maximum absolute atomic E-state index is 12.6. The molecule has 4 heteroatoms. The van der Waals surface area contributed by atoms with Gasteiger partial charge >= 0.3 is 0 Å². The number of H-pyrrole nitrogens is 1. The number of para-hydroxylation sites is 1. The van der Waals surface area contributed by atoms with E-state index in [9.17, 15) is 4.79 Å². The van der Waals surface area contributed by atoms with Crippen LogP contribution in [0.25, 0.3) is 10.9 Å². The van der Waals surface area contributed by atoms with Crippen LogP contribution in [0.15, 0.2) is 30.5 Å². The van der Waals surface area contributed by atoms with Crippen molar-refractivity contribution in [2.75, 3.05) is 32.7 Å². The molecule has 3 rings (SSSR count). The molecule has 0 spiro atoms. The van der Waals surface area contributed by atoms with Gasteiger partial charge in [-0.15, -0.1) is 0 Å². The molecule has 1 atom stereocenters. The molecule has 2 heterocycles. The van der Waals surface area contributed by atoms with Crippen molar-refractivity contribution in [1.29, 1.82) is 0 Å². The van der Waals surface area contributed by atoms with Crippen LogP contribution >= 0.6 is 0 Å². The summed E-state index contributed by atoms with van der Waals surface area (Å²) < 4.78 is 0. The molecule has 0 bridgehead atoms. The van der Waals surface area contributed by atoms with Crippen molar-refractivity contribution in [3.8, 4) is 0 Å². The van der Waals surface area contributed by atoms with E-state index in [0.717, 1.165) is 42.6 Å². The Hall–Kier alpha value is -1.65. The molecular weight excluding hydrogens is 262 g/mol. The maximum atomic E-state index is 12.6. The number of nitrogens with zero attached hydrogens (tertiary/aromatic N) is 2. The van der Waals surface area contributed by atoms with E-state index in [1.54, 1.807) is 0 Å². The van der Waals surface area contributed by atoms with Gasteiger partial charge in [-0.05, 0) is 19.5 Å². The van der Waals surface area contributed by atoms with Crippen molar-refractivity contribution in [3.05, 3.63) is 36.0 Å². The van der Waals surface area contributed by atoms with E-state index in [1.807, 2.05) is 30.5 Å². The summed E-state index contributed by atoms with van der Waals surface area (Å²) in [6.45, 7) is 9.05. The minimum absolute atomic E-state index is 0.213. The third-order valence-electron chi connectivity index (χ3n) is 4.51. The highest BCUT2D eigenvalue weighted by atomic mass is 16.1. The van der Waals surface area contributed by atoms with Gasteiger partial charge in [-0.2, -0.15) is 0 Å². The fourth-order valence-electron chi connectivity index (χ4n) is 3.27. The standard InChI is InChI=1S/C17H23N3O/c1-3-20-9-8-19(11-13(20)2)12-17(21)15-10-18-16-7-5-4-6-14(15)16/h4-7,10,13,18H,3,8-9,11-12H2,1-2H3. The van der Waals surface area contributed by atoms with Gasteiger partial charge in [0.1, 0.15) is 0 Å². The summed E-state index contributed by atoms with van der Waals surface area (Å²) in [6, 6.07) is 8.51. The van der Waals surface area contributed by atoms with E-state index in [2.05, 4.69) is 28.6 Å². The second-order valence-corrected chi connectivity index (χ2v) is 5.88. The lowest BCUT2D eigenvalue weighted by atomic mass is 10.1. The number of Topliss-reactive ketones (excluding diaryl/α,β-unsaturated/α-hetero) is 1. The zero-order valence-electron chi connectivity index (χ0n) is 12.8. The Labute approximate surface area is 125 Å². The molecule has 0 radical (unpaired) electrons. The first kappa shape index (κ1) is 14.3. The van der Waals surface area contributed by atoms with Gasteiger partial charge in [0.05, 0.1) is 6.54 Å². The molecule has 1 aromatic heterocycles. The first-order valence-electron chi connectivity index (χ1n) is 7.74. The highest BCUT2D eigenvalue weighted by molar-refractivity contribution is 6.08. The molecule has 1 aliphatic heterocycles. The van der Waals surface area contributed by atoms with Gasteiger partial charge in [0.2, 0.25) is 0 Å². The van der Waals surface area contributed by atoms with Crippen LogP contribution < -0.4 is 0 Å². The van der Waals surface area contributed by atoms with Gasteiger partial charge < -0.3 is 4.98 Å². The summed E-state index contributed by atoms with van der Waals surface area (Å²) in [4.78, 5) is 20.5. The number of hydrogen-bond donors (Lipinski definition) is 1. The molecule has 1 aliphatic rings. The van der Waals surface area contributed by atoms with Gasteiger partial charge in [-0.1, -0.05) is 25.1 Å². The topological polar surface area (TPSA) is 39.3 Å². The molecule has 1 saturated heterocycles. The lowest BCUT2D eigenvalue weighted by Gasteiger charge is -2.39. The Morgan fingerprint density at radius 1 is 1.33 bits per heavy atom. The number of carbonyl (C=O) groups excluding carboxylic acids is 1. The summed E-state index contributed by atoms with van der Waals surface area (Å²) in [6.07, 6.45) is 1.85. The SMILES string of the molecule is CCN1CCN(CC(=O)c2c[nH]c3ccccc23)CC1C. The second kappa shape index (κ2) is 6.00. The third kappa shape index (κ3) is 2.87. The fraction of sp³-hybridized carbons (Fsp3) is 0.471. The van der Waals surface area contributed by atoms with Crippen LogP contribution in [0.1, 0.15) is 24.2 Å². The number of benzene rings is 1. The Morgan fingerprint density at radius 3 is 2.90 bits per heavy atom. The molecule has 2 aromatic rings. The normalized spacial score (nSPS) is 21.0. The first-order chi connectivity index (χ1) is 10.2. The number of aromatic amines is 1. The van der Waals surface area contributed by atoms with Crippen LogP contribution in [-0.4, -0.2) is 59.3 Å². The van der Waals surface area contributed by atoms with Gasteiger partial charge in [0.25, 0.3) is 0 Å². The second-order valence-electron chi connectivity index (χ2n) is 5.88. The monoisotopic (exact) mass is 285 g/mol. The average Bonchev–Trinajstić information content (AvgIpc) is 2.91. The number of ketones is 1. The van der Waals surface area contributed by atoms with Crippen molar-refractivity contribution in [2.24, 2.45) is 0 Å². The quantitative estimate of drug-likeness (QED) is 0.877. The summed E-state index contributed by atoms with van der Waals surface area (Å²) in [5, 5.41) is 1.03. The molecule has 0 saturated carbocycles. The largest absolute Gasteiger partial charge is 0.360 e. The number of carbonyl (C=O) groups is 1. The molecular formula is C17H23N3O. The zero-order chi connectivity index (χ0) is 14.8. The summed E-state index contributed by atoms with van der Waals surface area (Å²) in [7, 11) is 0. The Bertz CT molecular complexity index is 634. The van der Waals surface area contributed by atoms with Crippen molar-refractivity contribution < 1.29 is 4.79 Å². The summed E-state index contributed by atoms with van der Waals surface area (Å²) in [5.41, 5.74) is 1.85. The lowest BCUT2D eigenvalue weighted by Crippen LogP contribution is -2.52. The Morgan fingerprint density at radius 2 is 2.14 bits per heavy atom. The molecule has 4 nitrogen and oxygen atoms in total. The van der Waals surface area contributed by atoms with E-state index in [0.29, 0.717) is 12.6 Å². The number of likely N-dealkylation sites (N-methyl/N-ethyl adjacent to an activating group) is 1. The van der Waals surface area contributed by atoms with Crippen LogP contribution in [-0.2, 0) is 0 Å². The van der Waals surface area contributed by atoms with Gasteiger partial charge in [0.15, 0.2) is 5.78 Å². The minimum Gasteiger partial charge on any atom is -0.360 e. The number of rotatable bonds is 4. The maximum Gasteiger partial charge on any atom is 0.178 e. The predicted octanol–water partition coefficient (Wildman–Crippen LogP) is 2.38. The van der Waals surface area contributed by atoms with Gasteiger partial charge in [-0.25, -0.2) is 0 Å². The van der Waals surface area contributed by atoms with E-state index >= 15 is 0 Å². The average molecular weight is 285 g/mol. The highest BCUT2D eigenvalue weighted by Gasteiger charge is 2.24. The molecule has 1 fully saturated rings. The molecule has 0 aliphatic carbocycles. The summed E-state index contributed by atoms with van der Waals surface area (Å²) in [5.74, 6) is 0.213. The zero-order valence-corrected chi connectivity index (χ0v) is 12.8. The van der Waals surface area contributed by atoms with E-state index in [-0.39, 0.29) is 5.78 Å². The van der Waals surface area contributed by atoms with E-state index in [1.165, 1.54) is 0 Å². The van der Waals surface area contributed by atoms with Crippen molar-refractivity contribution in [2.45, 2.75) is 19.9 Å². The van der Waals surface area contributed by atoms with Gasteiger partial charge in [-0.3, -0.25) is 14.6 Å². The number of aromatic nitrogens is 1. The Kier molecular flexibility index (Phi) is 4.08. The smallest absolute Gasteiger partial charge is 0.178 e. The fourth-order valence-corrected chi connectivity index (χ4v) is 3.27. The van der Waals surface area contributed by atoms with Crippen LogP contribution in [0.3, 0.4) is 0 Å². The van der Waals surface area contributed by atoms with Crippen molar-refractivity contribution in [1.82, 2.24) is 14.8 Å². The third-order valence-corrected chi connectivity index (χ3v) is 4.51. The lowest BCUT2D eigenvalue weighted by molar-refractivity contribution is 0.0724. The van der Waals surface area contributed by atoms with Gasteiger partial charge in [0, 0.05) is 48.3 Å². The minimum atomic E-state index is 0.213. The Balaban J connectivity index is 1.70. The van der Waals surface area contributed by atoms with Crippen molar-refractivity contribution >= 4 is 16.7 Å². The molecule has 0 amide bonds. The van der Waals surface area contributed by atoms with E-state index < -0.39 is 0 Å². The molecule has 1 aromatic carbocycles. The molecule has 1 N–H and O–H groups in total. The number of hydrogen-bond acceptors (Lipinski definition) is 3. The number of nitrogens with one attached hydrogen (secondary N) is 1. The van der Waals surface area contributed by atoms with E-state index in [4.69, 9.17) is 0 Å². The molecule has 21 heavy (non-hydrogen) atoms. The number of fused-ring (bicyclic) bond motifs is 1.